The first-order valence-electron chi connectivity index (χ1n) is 5.05. The highest BCUT2D eigenvalue weighted by Crippen LogP contribution is 2.15. The van der Waals surface area contributed by atoms with Crippen LogP contribution >= 0.6 is 0 Å². The normalized spacial score (nSPS) is 12.1. The highest BCUT2D eigenvalue weighted by Gasteiger charge is 2.09. The van der Waals surface area contributed by atoms with E-state index < -0.39 is 0 Å². The molecule has 0 amide bonds. The van der Waals surface area contributed by atoms with Crippen molar-refractivity contribution in [2.45, 2.75) is 25.8 Å². The van der Waals surface area contributed by atoms with Crippen molar-refractivity contribution in [3.63, 3.8) is 0 Å². The molecule has 0 fully saturated rings. The molecule has 0 saturated heterocycles. The smallest absolute Gasteiger partial charge is 0.141 e. The number of hydrogen-bond acceptors (Lipinski definition) is 2. The topological polar surface area (TPSA) is 24.9 Å². The molecule has 1 unspecified atom stereocenters. The maximum absolute atomic E-state index is 12.9. The van der Waals surface area contributed by atoms with E-state index in [2.05, 4.69) is 23.1 Å². The number of nitrogens with one attached hydrogen (secondary N) is 1. The summed E-state index contributed by atoms with van der Waals surface area (Å²) in [6.45, 7) is 2.94. The van der Waals surface area contributed by atoms with Crippen molar-refractivity contribution in [3.05, 3.63) is 29.8 Å². The van der Waals surface area contributed by atoms with E-state index in [0.717, 1.165) is 18.5 Å². The fraction of sp³-hybridized carbons (Fsp3) is 0.417. The van der Waals surface area contributed by atoms with Crippen molar-refractivity contribution in [2.75, 3.05) is 6.54 Å². The molecule has 1 aromatic rings. The largest absolute Gasteiger partial charge is 0.309 e. The summed E-state index contributed by atoms with van der Waals surface area (Å²) in [4.78, 5) is 3.81. The van der Waals surface area contributed by atoms with Crippen LogP contribution in [0.4, 0.5) is 4.39 Å². The first-order valence-corrected chi connectivity index (χ1v) is 5.05. The van der Waals surface area contributed by atoms with Gasteiger partial charge in [0.1, 0.15) is 5.82 Å². The first-order chi connectivity index (χ1) is 7.27. The molecule has 1 aromatic heterocycles. The van der Waals surface area contributed by atoms with Gasteiger partial charge in [-0.05, 0) is 24.6 Å². The molecule has 0 radical (unpaired) electrons. The highest BCUT2D eigenvalue weighted by molar-refractivity contribution is 5.17. The molecule has 1 N–H and O–H groups in total. The van der Waals surface area contributed by atoms with Crippen LogP contribution in [0.5, 0.6) is 0 Å². The lowest BCUT2D eigenvalue weighted by atomic mass is 10.1. The summed E-state index contributed by atoms with van der Waals surface area (Å²) in [6.07, 6.45) is 9.67. The fourth-order valence-corrected chi connectivity index (χ4v) is 1.36. The van der Waals surface area contributed by atoms with E-state index >= 15 is 0 Å². The molecule has 0 saturated carbocycles. The quantitative estimate of drug-likeness (QED) is 0.748. The molecule has 1 atom stereocenters. The summed E-state index contributed by atoms with van der Waals surface area (Å²) in [6, 6.07) is 1.47. The minimum Gasteiger partial charge on any atom is -0.309 e. The molecule has 0 spiro atoms. The first kappa shape index (κ1) is 11.7. The van der Waals surface area contributed by atoms with Crippen molar-refractivity contribution in [1.82, 2.24) is 10.3 Å². The van der Waals surface area contributed by atoms with Gasteiger partial charge in [0.25, 0.3) is 0 Å². The number of halogens is 1. The van der Waals surface area contributed by atoms with Gasteiger partial charge >= 0.3 is 0 Å². The molecule has 0 aliphatic heterocycles. The predicted molar refractivity (Wildman–Crippen MR) is 58.7 cm³/mol. The van der Waals surface area contributed by atoms with Crippen LogP contribution in [-0.2, 0) is 0 Å². The van der Waals surface area contributed by atoms with E-state index in [1.807, 2.05) is 0 Å². The monoisotopic (exact) mass is 206 g/mol. The molecular formula is C12H15FN2. The Morgan fingerprint density at radius 1 is 1.60 bits per heavy atom. The van der Waals surface area contributed by atoms with E-state index in [1.165, 1.54) is 12.3 Å². The molecule has 2 nitrogen and oxygen atoms in total. The van der Waals surface area contributed by atoms with Gasteiger partial charge in [-0.15, -0.1) is 12.3 Å². The third kappa shape index (κ3) is 3.69. The molecule has 0 aliphatic carbocycles. The predicted octanol–water partition coefficient (Wildman–Crippen LogP) is 2.28. The maximum Gasteiger partial charge on any atom is 0.141 e. The number of nitrogens with zero attached hydrogens (tertiary/aromatic N) is 1. The van der Waals surface area contributed by atoms with Gasteiger partial charge in [-0.3, -0.25) is 4.98 Å². The summed E-state index contributed by atoms with van der Waals surface area (Å²) < 4.78 is 12.9. The maximum atomic E-state index is 12.9. The minimum absolute atomic E-state index is 0.00171. The number of pyridine rings is 1. The Hall–Kier alpha value is -1.40. The summed E-state index contributed by atoms with van der Waals surface area (Å²) in [5.41, 5.74) is 0.807. The summed E-state index contributed by atoms with van der Waals surface area (Å²) in [7, 11) is 0. The van der Waals surface area contributed by atoms with Gasteiger partial charge in [0.15, 0.2) is 0 Å². The average Bonchev–Trinajstić information content (AvgIpc) is 2.24. The third-order valence-corrected chi connectivity index (χ3v) is 2.09. The van der Waals surface area contributed by atoms with Gasteiger partial charge in [0, 0.05) is 18.7 Å². The summed E-state index contributed by atoms with van der Waals surface area (Å²) in [5.74, 6) is 2.26. The molecular weight excluding hydrogens is 191 g/mol. The zero-order valence-corrected chi connectivity index (χ0v) is 8.83. The van der Waals surface area contributed by atoms with E-state index in [4.69, 9.17) is 6.42 Å². The van der Waals surface area contributed by atoms with Crippen molar-refractivity contribution in [1.29, 1.82) is 0 Å². The Labute approximate surface area is 89.9 Å². The number of terminal acetylenes is 1. The second-order valence-corrected chi connectivity index (χ2v) is 3.35. The Balaban J connectivity index is 2.75. The lowest BCUT2D eigenvalue weighted by Gasteiger charge is -2.15. The van der Waals surface area contributed by atoms with Crippen LogP contribution in [0.2, 0.25) is 0 Å². The van der Waals surface area contributed by atoms with Crippen LogP contribution in [0.25, 0.3) is 0 Å². The van der Waals surface area contributed by atoms with Crippen molar-refractivity contribution in [3.8, 4) is 12.3 Å². The number of hydrogen-bond donors (Lipinski definition) is 1. The molecule has 0 aromatic carbocycles. The van der Waals surface area contributed by atoms with Gasteiger partial charge in [-0.2, -0.15) is 0 Å². The Bertz CT molecular complexity index is 344. The molecule has 0 aliphatic rings. The second kappa shape index (κ2) is 6.15. The van der Waals surface area contributed by atoms with Crippen LogP contribution in [0, 0.1) is 18.2 Å². The van der Waals surface area contributed by atoms with Crippen molar-refractivity contribution >= 4 is 0 Å². The molecule has 1 rings (SSSR count). The lowest BCUT2D eigenvalue weighted by Crippen LogP contribution is -2.22. The standard InChI is InChI=1S/C12H15FN2/c1-3-5-12(15-6-4-2)10-7-11(13)9-14-8-10/h1,7-9,12,15H,4-6H2,2H3. The fourth-order valence-electron chi connectivity index (χ4n) is 1.36. The van der Waals surface area contributed by atoms with Gasteiger partial charge < -0.3 is 5.32 Å². The van der Waals surface area contributed by atoms with E-state index in [-0.39, 0.29) is 11.9 Å². The Kier molecular flexibility index (Phi) is 4.79. The third-order valence-electron chi connectivity index (χ3n) is 2.09. The van der Waals surface area contributed by atoms with E-state index in [0.29, 0.717) is 6.42 Å². The van der Waals surface area contributed by atoms with Gasteiger partial charge in [-0.1, -0.05) is 6.92 Å². The molecule has 3 heteroatoms. The molecule has 15 heavy (non-hydrogen) atoms. The second-order valence-electron chi connectivity index (χ2n) is 3.35. The minimum atomic E-state index is -0.326. The van der Waals surface area contributed by atoms with E-state index in [1.54, 1.807) is 6.20 Å². The van der Waals surface area contributed by atoms with Crippen molar-refractivity contribution in [2.24, 2.45) is 0 Å². The number of rotatable bonds is 5. The highest BCUT2D eigenvalue weighted by atomic mass is 19.1. The van der Waals surface area contributed by atoms with E-state index in [9.17, 15) is 4.39 Å². The zero-order chi connectivity index (χ0) is 11.1. The van der Waals surface area contributed by atoms with Crippen LogP contribution in [0.1, 0.15) is 31.4 Å². The Morgan fingerprint density at radius 2 is 2.40 bits per heavy atom. The average molecular weight is 206 g/mol. The van der Waals surface area contributed by atoms with Gasteiger partial charge in [0.2, 0.25) is 0 Å². The van der Waals surface area contributed by atoms with Crippen LogP contribution in [0.15, 0.2) is 18.5 Å². The lowest BCUT2D eigenvalue weighted by molar-refractivity contribution is 0.534. The molecule has 0 bridgehead atoms. The zero-order valence-electron chi connectivity index (χ0n) is 8.83. The molecule has 80 valence electrons. The van der Waals surface area contributed by atoms with Crippen LogP contribution in [0.3, 0.4) is 0 Å². The SMILES string of the molecule is C#CCC(NCCC)c1cncc(F)c1. The van der Waals surface area contributed by atoms with Crippen LogP contribution < -0.4 is 5.32 Å². The summed E-state index contributed by atoms with van der Waals surface area (Å²) in [5, 5.41) is 3.26. The summed E-state index contributed by atoms with van der Waals surface area (Å²) >= 11 is 0. The van der Waals surface area contributed by atoms with Gasteiger partial charge in [0.05, 0.1) is 6.20 Å². The molecule has 1 heterocycles. The van der Waals surface area contributed by atoms with Gasteiger partial charge in [-0.25, -0.2) is 4.39 Å². The van der Waals surface area contributed by atoms with Crippen LogP contribution in [-0.4, -0.2) is 11.5 Å². The Morgan fingerprint density at radius 3 is 3.00 bits per heavy atom. The van der Waals surface area contributed by atoms with Crippen molar-refractivity contribution < 1.29 is 4.39 Å². The number of aromatic nitrogens is 1.